The van der Waals surface area contributed by atoms with Crippen molar-refractivity contribution in [1.82, 2.24) is 15.5 Å². The van der Waals surface area contributed by atoms with Crippen LogP contribution in [0.4, 0.5) is 0 Å². The van der Waals surface area contributed by atoms with E-state index in [-0.39, 0.29) is 55.7 Å². The smallest absolute Gasteiger partial charge is 0.333 e. The molecule has 0 saturated carbocycles. The molecule has 1 fully saturated rings. The average molecular weight is 674 g/mol. The van der Waals surface area contributed by atoms with Crippen molar-refractivity contribution < 1.29 is 63.4 Å². The largest absolute Gasteiger partial charge is 0.504 e. The number of aromatic hydroxyl groups is 1. The number of ketones is 1. The van der Waals surface area contributed by atoms with Gasteiger partial charge in [0.25, 0.3) is 0 Å². The molecule has 1 aromatic rings. The molecule has 16 heteroatoms. The van der Waals surface area contributed by atoms with E-state index in [9.17, 15) is 44.1 Å². The van der Waals surface area contributed by atoms with Crippen molar-refractivity contribution >= 4 is 35.5 Å². The zero-order chi connectivity index (χ0) is 35.0. The van der Waals surface area contributed by atoms with Crippen molar-refractivity contribution in [3.8, 4) is 11.5 Å². The number of carbonyl (C=O) groups excluding carboxylic acids is 5. The normalized spacial score (nSPS) is 26.1. The summed E-state index contributed by atoms with van der Waals surface area (Å²) < 4.78 is 18.6. The molecule has 5 rings (SSSR count). The fourth-order valence-corrected chi connectivity index (χ4v) is 7.38. The van der Waals surface area contributed by atoms with Gasteiger partial charge in [-0.1, -0.05) is 6.07 Å². The van der Waals surface area contributed by atoms with Gasteiger partial charge in [-0.3, -0.25) is 28.9 Å². The number of nitrogens with one attached hydrogen (secondary N) is 2. The summed E-state index contributed by atoms with van der Waals surface area (Å²) in [7, 11) is 1.92. The molecule has 6 N–H and O–H groups in total. The van der Waals surface area contributed by atoms with Crippen LogP contribution >= 0.6 is 0 Å². The summed E-state index contributed by atoms with van der Waals surface area (Å²) >= 11 is 0. The molecule has 6 atom stereocenters. The van der Waals surface area contributed by atoms with Crippen molar-refractivity contribution in [3.05, 3.63) is 35.1 Å². The number of hydrogen-bond acceptors (Lipinski definition) is 13. The molecule has 0 radical (unpaired) electrons. The fraction of sp³-hybridized carbons (Fsp3) is 0.562. The maximum atomic E-state index is 13.4. The topological polar surface area (TPSA) is 238 Å². The van der Waals surface area contributed by atoms with E-state index in [1.165, 1.54) is 6.07 Å². The summed E-state index contributed by atoms with van der Waals surface area (Å²) in [6.45, 7) is 1.45. The number of piperidine rings is 1. The van der Waals surface area contributed by atoms with E-state index >= 15 is 0 Å². The summed E-state index contributed by atoms with van der Waals surface area (Å²) in [6, 6.07) is 3.00. The molecule has 0 unspecified atom stereocenters. The maximum Gasteiger partial charge on any atom is 0.333 e. The Balaban J connectivity index is 1.36. The number of likely N-dealkylation sites (N-methyl/N-ethyl adjacent to an activating group) is 1. The van der Waals surface area contributed by atoms with Gasteiger partial charge in [0.05, 0.1) is 37.1 Å². The maximum absolute atomic E-state index is 13.4. The minimum Gasteiger partial charge on any atom is -0.504 e. The number of amides is 2. The monoisotopic (exact) mass is 673 g/mol. The standard InChI is InChI=1S/C32H39N3O13/c1-16(36)19(38)14-23(40)33-10-6-25(42)46-21-5-8-32(48-26(43)7-11-34-24(41)15-20(39)30(44)45)22-13-17-3-4-18(37)28-27(17)31(32,29(21)47-28)9-12-35(22)2/h3-5,19-20,22,29,37-39H,6-15H2,1-2H3,(H,33,40)(H,34,41)(H,44,45)/t19-,20-,22+,29-,31-,32+/m0/s1. The Bertz CT molecular complexity index is 1560. The second-order valence-corrected chi connectivity index (χ2v) is 12.6. The quantitative estimate of drug-likeness (QED) is 0.129. The van der Waals surface area contributed by atoms with Crippen molar-refractivity contribution in [3.63, 3.8) is 0 Å². The van der Waals surface area contributed by atoms with Gasteiger partial charge in [-0.25, -0.2) is 4.79 Å². The van der Waals surface area contributed by atoms with Gasteiger partial charge in [0.15, 0.2) is 29.5 Å². The zero-order valence-electron chi connectivity index (χ0n) is 26.5. The van der Waals surface area contributed by atoms with Gasteiger partial charge >= 0.3 is 17.9 Å². The van der Waals surface area contributed by atoms with Gasteiger partial charge in [-0.2, -0.15) is 0 Å². The summed E-state index contributed by atoms with van der Waals surface area (Å²) in [5.41, 5.74) is -0.712. The van der Waals surface area contributed by atoms with Gasteiger partial charge < -0.3 is 45.3 Å². The minimum absolute atomic E-state index is 0.113. The van der Waals surface area contributed by atoms with Crippen LogP contribution in [0.1, 0.15) is 56.6 Å². The number of Topliss-reactive ketones (excluding diaryl/α,β-unsaturated/α-hetero) is 1. The Labute approximate surface area is 275 Å². The lowest BCUT2D eigenvalue weighted by atomic mass is 9.50. The third-order valence-electron chi connectivity index (χ3n) is 9.66. The van der Waals surface area contributed by atoms with Crippen LogP contribution in [0.5, 0.6) is 11.5 Å². The van der Waals surface area contributed by atoms with E-state index in [1.54, 1.807) is 12.1 Å². The average Bonchev–Trinajstić information content (AvgIpc) is 3.37. The Morgan fingerprint density at radius 2 is 1.67 bits per heavy atom. The van der Waals surface area contributed by atoms with Gasteiger partial charge in [-0.05, 0) is 51.1 Å². The third-order valence-corrected chi connectivity index (χ3v) is 9.66. The van der Waals surface area contributed by atoms with E-state index < -0.39 is 77.7 Å². The van der Waals surface area contributed by atoms with Crippen LogP contribution < -0.4 is 15.4 Å². The number of nitrogens with zero attached hydrogens (tertiary/aromatic N) is 1. The summed E-state index contributed by atoms with van der Waals surface area (Å²) in [6.07, 6.45) is -3.23. The lowest BCUT2D eigenvalue weighted by Gasteiger charge is -2.62. The number of carboxylic acids is 1. The van der Waals surface area contributed by atoms with Crippen LogP contribution in [0.2, 0.25) is 0 Å². The first-order valence-electron chi connectivity index (χ1n) is 15.7. The van der Waals surface area contributed by atoms with Crippen molar-refractivity contribution in [2.75, 3.05) is 26.7 Å². The van der Waals surface area contributed by atoms with Gasteiger partial charge in [-0.15, -0.1) is 0 Å². The molecule has 1 saturated heterocycles. The van der Waals surface area contributed by atoms with Crippen molar-refractivity contribution in [1.29, 1.82) is 0 Å². The number of phenols is 1. The lowest BCUT2D eigenvalue weighted by Crippen LogP contribution is -2.75. The predicted molar refractivity (Wildman–Crippen MR) is 161 cm³/mol. The number of hydrogen-bond donors (Lipinski definition) is 6. The summed E-state index contributed by atoms with van der Waals surface area (Å²) in [5, 5.41) is 43.6. The number of carbonyl (C=O) groups is 6. The van der Waals surface area contributed by atoms with E-state index in [0.29, 0.717) is 24.9 Å². The number of phenolic OH excluding ortho intramolecular Hbond substituents is 1. The highest BCUT2D eigenvalue weighted by atomic mass is 16.6. The van der Waals surface area contributed by atoms with E-state index in [1.807, 2.05) is 7.05 Å². The van der Waals surface area contributed by atoms with Crippen LogP contribution in [-0.4, -0.2) is 117 Å². The fourth-order valence-electron chi connectivity index (χ4n) is 7.38. The highest BCUT2D eigenvalue weighted by molar-refractivity contribution is 5.87. The Morgan fingerprint density at radius 3 is 2.31 bits per heavy atom. The number of ether oxygens (including phenoxy) is 3. The van der Waals surface area contributed by atoms with Gasteiger partial charge in [0, 0.05) is 25.1 Å². The number of esters is 2. The molecule has 2 amide bonds. The molecule has 1 aromatic carbocycles. The molecule has 2 bridgehead atoms. The first-order valence-corrected chi connectivity index (χ1v) is 15.7. The number of likely N-dealkylation sites (tertiary alicyclic amines) is 1. The first-order chi connectivity index (χ1) is 22.7. The molecule has 48 heavy (non-hydrogen) atoms. The summed E-state index contributed by atoms with van der Waals surface area (Å²) in [5.74, 6) is -4.54. The number of carboxylic acid groups (broad SMARTS) is 1. The molecule has 0 aromatic heterocycles. The van der Waals surface area contributed by atoms with Gasteiger partial charge in [0.1, 0.15) is 17.5 Å². The zero-order valence-corrected chi connectivity index (χ0v) is 26.5. The second-order valence-electron chi connectivity index (χ2n) is 12.6. The van der Waals surface area contributed by atoms with Crippen LogP contribution in [0.25, 0.3) is 0 Å². The van der Waals surface area contributed by atoms with Crippen LogP contribution in [0.15, 0.2) is 24.0 Å². The minimum atomic E-state index is -1.88. The predicted octanol–water partition coefficient (Wildman–Crippen LogP) is -1.05. The Hall–Kier alpha value is -4.54. The van der Waals surface area contributed by atoms with Crippen molar-refractivity contribution in [2.45, 2.75) is 87.2 Å². The molecule has 4 aliphatic rings. The number of aliphatic hydroxyl groups is 2. The van der Waals surface area contributed by atoms with Crippen molar-refractivity contribution in [2.24, 2.45) is 0 Å². The summed E-state index contributed by atoms with van der Waals surface area (Å²) in [4.78, 5) is 74.6. The molecule has 2 aliphatic carbocycles. The van der Waals surface area contributed by atoms with Crippen LogP contribution in [0, 0.1) is 0 Å². The highest BCUT2D eigenvalue weighted by Gasteiger charge is 2.74. The van der Waals surface area contributed by atoms with Gasteiger partial charge in [0.2, 0.25) is 11.8 Å². The van der Waals surface area contributed by atoms with Crippen LogP contribution in [0.3, 0.4) is 0 Å². The molecule has 1 spiro atoms. The number of aliphatic hydroxyl groups excluding tert-OH is 2. The molecular formula is C32H39N3O13. The third kappa shape index (κ3) is 6.22. The van der Waals surface area contributed by atoms with E-state index in [4.69, 9.17) is 19.3 Å². The molecule has 16 nitrogen and oxygen atoms in total. The Morgan fingerprint density at radius 1 is 1.02 bits per heavy atom. The number of rotatable bonds is 14. The first kappa shape index (κ1) is 34.8. The number of aliphatic carboxylic acids is 1. The molecular weight excluding hydrogens is 634 g/mol. The van der Waals surface area contributed by atoms with E-state index in [2.05, 4.69) is 15.5 Å². The Kier molecular flexibility index (Phi) is 9.80. The molecule has 2 heterocycles. The molecule has 2 aliphatic heterocycles. The molecule has 260 valence electrons. The van der Waals surface area contributed by atoms with E-state index in [0.717, 1.165) is 12.5 Å². The highest BCUT2D eigenvalue weighted by Crippen LogP contribution is 2.66. The second kappa shape index (κ2) is 13.5. The lowest BCUT2D eigenvalue weighted by molar-refractivity contribution is -0.206. The number of benzene rings is 1. The van der Waals surface area contributed by atoms with Crippen LogP contribution in [-0.2, 0) is 50.1 Å². The SMILES string of the molecule is CC(=O)[C@@H](O)CC(=O)NCCC(=O)OC1=CC[C@@]2(OC(=O)CCNC(=O)C[C@H](O)C(=O)O)[C@H]3Cc4ccc(O)c5c4[C@@]2(CCN3C)[C@H]1O5.